The molecule has 0 aromatic carbocycles. The third-order valence-electron chi connectivity index (χ3n) is 4.95. The van der Waals surface area contributed by atoms with Gasteiger partial charge in [-0.15, -0.1) is 0 Å². The van der Waals surface area contributed by atoms with Gasteiger partial charge in [-0.25, -0.2) is 0 Å². The van der Waals surface area contributed by atoms with Gasteiger partial charge in [0.2, 0.25) is 0 Å². The molecule has 0 radical (unpaired) electrons. The van der Waals surface area contributed by atoms with E-state index in [2.05, 4.69) is 13.8 Å². The Hall–Kier alpha value is -0.0400. The van der Waals surface area contributed by atoms with Crippen molar-refractivity contribution in [2.75, 3.05) is 0 Å². The predicted molar refractivity (Wildman–Crippen MR) is 65.7 cm³/mol. The molecule has 3 atom stereocenters. The molecule has 0 aliphatic heterocycles. The molecular weight excluding hydrogens is 182 g/mol. The summed E-state index contributed by atoms with van der Waals surface area (Å²) in [5, 5.41) is 0. The van der Waals surface area contributed by atoms with Crippen LogP contribution in [0.5, 0.6) is 0 Å². The van der Waals surface area contributed by atoms with E-state index in [0.717, 1.165) is 17.8 Å². The van der Waals surface area contributed by atoms with Gasteiger partial charge in [-0.2, -0.15) is 0 Å². The van der Waals surface area contributed by atoms with E-state index >= 15 is 0 Å². The van der Waals surface area contributed by atoms with Gasteiger partial charge < -0.3 is 5.73 Å². The second kappa shape index (κ2) is 4.45. The number of hydrogen-bond acceptors (Lipinski definition) is 1. The molecule has 0 aromatic rings. The highest BCUT2D eigenvalue weighted by Crippen LogP contribution is 2.42. The Kier molecular flexibility index (Phi) is 3.39. The Morgan fingerprint density at radius 2 is 1.73 bits per heavy atom. The molecule has 2 saturated carbocycles. The molecule has 0 amide bonds. The molecule has 0 spiro atoms. The lowest BCUT2D eigenvalue weighted by Gasteiger charge is -2.44. The zero-order chi connectivity index (χ0) is 10.9. The minimum absolute atomic E-state index is 0.173. The first-order valence-electron chi connectivity index (χ1n) is 6.89. The Labute approximate surface area is 94.8 Å². The van der Waals surface area contributed by atoms with Gasteiger partial charge in [-0.05, 0) is 37.0 Å². The van der Waals surface area contributed by atoms with Crippen molar-refractivity contribution < 1.29 is 0 Å². The highest BCUT2D eigenvalue weighted by atomic mass is 14.8. The number of rotatable bonds is 2. The maximum absolute atomic E-state index is 6.67. The van der Waals surface area contributed by atoms with Crippen LogP contribution in [0.4, 0.5) is 0 Å². The summed E-state index contributed by atoms with van der Waals surface area (Å²) >= 11 is 0. The number of nitrogens with two attached hydrogens (primary N) is 1. The molecule has 15 heavy (non-hydrogen) atoms. The van der Waals surface area contributed by atoms with E-state index in [1.807, 2.05) is 0 Å². The highest BCUT2D eigenvalue weighted by Gasteiger charge is 2.39. The van der Waals surface area contributed by atoms with Crippen LogP contribution in [0.2, 0.25) is 0 Å². The van der Waals surface area contributed by atoms with Crippen molar-refractivity contribution in [1.29, 1.82) is 0 Å². The number of hydrogen-bond donors (Lipinski definition) is 1. The van der Waals surface area contributed by atoms with Crippen molar-refractivity contribution in [1.82, 2.24) is 0 Å². The molecule has 2 fully saturated rings. The summed E-state index contributed by atoms with van der Waals surface area (Å²) < 4.78 is 0. The highest BCUT2D eigenvalue weighted by molar-refractivity contribution is 4.96. The third-order valence-corrected chi connectivity index (χ3v) is 4.95. The van der Waals surface area contributed by atoms with E-state index in [1.54, 1.807) is 0 Å². The SMILES string of the molecule is CC1CCC(C)C(N)(CC2CCCC2)C1. The van der Waals surface area contributed by atoms with Crippen LogP contribution in [-0.4, -0.2) is 5.54 Å². The van der Waals surface area contributed by atoms with Crippen molar-refractivity contribution in [2.24, 2.45) is 23.5 Å². The van der Waals surface area contributed by atoms with Crippen LogP contribution >= 0.6 is 0 Å². The van der Waals surface area contributed by atoms with Gasteiger partial charge in [0.25, 0.3) is 0 Å². The van der Waals surface area contributed by atoms with Crippen LogP contribution in [0.15, 0.2) is 0 Å². The van der Waals surface area contributed by atoms with Crippen LogP contribution in [0.3, 0.4) is 0 Å². The van der Waals surface area contributed by atoms with Crippen molar-refractivity contribution in [3.05, 3.63) is 0 Å². The van der Waals surface area contributed by atoms with Gasteiger partial charge in [0.05, 0.1) is 0 Å². The minimum atomic E-state index is 0.173. The average molecular weight is 209 g/mol. The zero-order valence-electron chi connectivity index (χ0n) is 10.5. The van der Waals surface area contributed by atoms with Crippen molar-refractivity contribution in [3.63, 3.8) is 0 Å². The Bertz CT molecular complexity index is 207. The molecular formula is C14H27N. The molecule has 2 aliphatic carbocycles. The molecule has 1 heteroatoms. The normalized spacial score (nSPS) is 43.4. The second-order valence-corrected chi connectivity index (χ2v) is 6.38. The molecule has 1 nitrogen and oxygen atoms in total. The Morgan fingerprint density at radius 3 is 2.40 bits per heavy atom. The summed E-state index contributed by atoms with van der Waals surface area (Å²) in [5.41, 5.74) is 6.85. The summed E-state index contributed by atoms with van der Waals surface area (Å²) in [7, 11) is 0. The Morgan fingerprint density at radius 1 is 1.07 bits per heavy atom. The molecule has 0 aromatic heterocycles. The summed E-state index contributed by atoms with van der Waals surface area (Å²) in [4.78, 5) is 0. The van der Waals surface area contributed by atoms with Crippen molar-refractivity contribution in [3.8, 4) is 0 Å². The Balaban J connectivity index is 1.96. The second-order valence-electron chi connectivity index (χ2n) is 6.38. The molecule has 3 unspecified atom stereocenters. The van der Waals surface area contributed by atoms with E-state index < -0.39 is 0 Å². The fourth-order valence-corrected chi connectivity index (χ4v) is 3.81. The monoisotopic (exact) mass is 209 g/mol. The lowest BCUT2D eigenvalue weighted by atomic mass is 9.66. The molecule has 2 aliphatic rings. The maximum atomic E-state index is 6.67. The standard InChI is InChI=1S/C14H27N/c1-11-7-8-12(2)14(15,9-11)10-13-5-3-4-6-13/h11-13H,3-10,15H2,1-2H3. The minimum Gasteiger partial charge on any atom is -0.325 e. The van der Waals surface area contributed by atoms with Crippen molar-refractivity contribution >= 4 is 0 Å². The van der Waals surface area contributed by atoms with Gasteiger partial charge in [0.1, 0.15) is 0 Å². The fourth-order valence-electron chi connectivity index (χ4n) is 3.81. The third kappa shape index (κ3) is 2.55. The molecule has 2 rings (SSSR count). The lowest BCUT2D eigenvalue weighted by Crippen LogP contribution is -2.51. The predicted octanol–water partition coefficient (Wildman–Crippen LogP) is 3.72. The summed E-state index contributed by atoms with van der Waals surface area (Å²) in [5.74, 6) is 2.55. The first kappa shape index (κ1) is 11.4. The van der Waals surface area contributed by atoms with Crippen molar-refractivity contribution in [2.45, 2.75) is 70.8 Å². The molecule has 0 heterocycles. The molecule has 0 bridgehead atoms. The van der Waals surface area contributed by atoms with Gasteiger partial charge in [-0.1, -0.05) is 46.0 Å². The van der Waals surface area contributed by atoms with E-state index in [9.17, 15) is 0 Å². The largest absolute Gasteiger partial charge is 0.325 e. The molecule has 2 N–H and O–H groups in total. The molecule has 88 valence electrons. The van der Waals surface area contributed by atoms with Crippen LogP contribution in [-0.2, 0) is 0 Å². The van der Waals surface area contributed by atoms with E-state index in [-0.39, 0.29) is 5.54 Å². The zero-order valence-corrected chi connectivity index (χ0v) is 10.5. The first-order chi connectivity index (χ1) is 7.10. The first-order valence-corrected chi connectivity index (χ1v) is 6.89. The molecule has 0 saturated heterocycles. The van der Waals surface area contributed by atoms with Gasteiger partial charge in [0, 0.05) is 5.54 Å². The summed E-state index contributed by atoms with van der Waals surface area (Å²) in [6.07, 6.45) is 11.1. The van der Waals surface area contributed by atoms with Crippen LogP contribution in [0, 0.1) is 17.8 Å². The smallest absolute Gasteiger partial charge is 0.0185 e. The summed E-state index contributed by atoms with van der Waals surface area (Å²) in [6.45, 7) is 4.75. The maximum Gasteiger partial charge on any atom is 0.0185 e. The average Bonchev–Trinajstić information content (AvgIpc) is 2.64. The summed E-state index contributed by atoms with van der Waals surface area (Å²) in [6, 6.07) is 0. The fraction of sp³-hybridized carbons (Fsp3) is 1.00. The van der Waals surface area contributed by atoms with Gasteiger partial charge in [-0.3, -0.25) is 0 Å². The van der Waals surface area contributed by atoms with E-state index in [1.165, 1.54) is 51.4 Å². The van der Waals surface area contributed by atoms with E-state index in [4.69, 9.17) is 5.73 Å². The van der Waals surface area contributed by atoms with Crippen LogP contribution in [0.1, 0.15) is 65.2 Å². The topological polar surface area (TPSA) is 26.0 Å². The van der Waals surface area contributed by atoms with E-state index in [0.29, 0.717) is 0 Å². The van der Waals surface area contributed by atoms with Gasteiger partial charge in [0.15, 0.2) is 0 Å². The van der Waals surface area contributed by atoms with Crippen LogP contribution in [0.25, 0.3) is 0 Å². The van der Waals surface area contributed by atoms with Crippen LogP contribution < -0.4 is 5.73 Å². The van der Waals surface area contributed by atoms with Gasteiger partial charge >= 0.3 is 0 Å². The quantitative estimate of drug-likeness (QED) is 0.737. The lowest BCUT2D eigenvalue weighted by molar-refractivity contribution is 0.131.